The number of nitrogens with zero attached hydrogens (tertiary/aromatic N) is 3. The number of amides is 1. The van der Waals surface area contributed by atoms with Crippen molar-refractivity contribution in [2.24, 2.45) is 0 Å². The SMILES string of the molecule is COc1ccc(N2C[C@@H](COc3cccn4ccnc34)OCC2=O)cc1. The normalized spacial score (nSPS) is 17.5. The molecule has 1 amide bonds. The average molecular weight is 353 g/mol. The minimum Gasteiger partial charge on any atom is -0.497 e. The van der Waals surface area contributed by atoms with Gasteiger partial charge in [-0.05, 0) is 36.4 Å². The Morgan fingerprint density at radius 1 is 1.23 bits per heavy atom. The number of rotatable bonds is 5. The lowest BCUT2D eigenvalue weighted by Gasteiger charge is -2.32. The third kappa shape index (κ3) is 3.21. The van der Waals surface area contributed by atoms with Crippen molar-refractivity contribution >= 4 is 17.2 Å². The summed E-state index contributed by atoms with van der Waals surface area (Å²) in [6.07, 6.45) is 5.29. The number of benzene rings is 1. The first-order chi connectivity index (χ1) is 12.7. The minimum atomic E-state index is -0.218. The van der Waals surface area contributed by atoms with Crippen molar-refractivity contribution in [1.82, 2.24) is 9.38 Å². The molecule has 0 aliphatic carbocycles. The Morgan fingerprint density at radius 2 is 2.08 bits per heavy atom. The van der Waals surface area contributed by atoms with Gasteiger partial charge in [-0.2, -0.15) is 0 Å². The molecule has 1 fully saturated rings. The number of morpholine rings is 1. The van der Waals surface area contributed by atoms with Crippen LogP contribution in [-0.4, -0.2) is 48.3 Å². The molecule has 3 aromatic rings. The Labute approximate surface area is 150 Å². The van der Waals surface area contributed by atoms with Crippen molar-refractivity contribution in [2.75, 3.05) is 31.8 Å². The fourth-order valence-electron chi connectivity index (χ4n) is 2.95. The smallest absolute Gasteiger partial charge is 0.253 e. The van der Waals surface area contributed by atoms with E-state index in [0.717, 1.165) is 17.1 Å². The van der Waals surface area contributed by atoms with Gasteiger partial charge in [0.2, 0.25) is 0 Å². The lowest BCUT2D eigenvalue weighted by atomic mass is 10.2. The molecule has 134 valence electrons. The van der Waals surface area contributed by atoms with E-state index in [1.54, 1.807) is 18.2 Å². The van der Waals surface area contributed by atoms with Gasteiger partial charge >= 0.3 is 0 Å². The molecule has 1 aliphatic heterocycles. The Morgan fingerprint density at radius 3 is 2.88 bits per heavy atom. The Bertz CT molecular complexity index is 907. The molecule has 0 radical (unpaired) electrons. The standard InChI is InChI=1S/C19H19N3O4/c1-24-15-6-4-14(5-7-15)22-11-16(25-13-18(22)23)12-26-17-3-2-9-21-10-8-20-19(17)21/h2-10,16H,11-13H2,1H3/t16-/m0/s1. The highest BCUT2D eigenvalue weighted by atomic mass is 16.5. The van der Waals surface area contributed by atoms with E-state index in [2.05, 4.69) is 4.98 Å². The molecule has 4 rings (SSSR count). The van der Waals surface area contributed by atoms with E-state index in [-0.39, 0.29) is 18.6 Å². The number of carbonyl (C=O) groups is 1. The van der Waals surface area contributed by atoms with Crippen LogP contribution in [0.1, 0.15) is 0 Å². The van der Waals surface area contributed by atoms with Crippen molar-refractivity contribution in [1.29, 1.82) is 0 Å². The van der Waals surface area contributed by atoms with Crippen LogP contribution in [0.25, 0.3) is 5.65 Å². The third-order valence-corrected chi connectivity index (χ3v) is 4.32. The second-order valence-electron chi connectivity index (χ2n) is 5.98. The number of hydrogen-bond donors (Lipinski definition) is 0. The zero-order chi connectivity index (χ0) is 17.9. The highest BCUT2D eigenvalue weighted by Gasteiger charge is 2.28. The van der Waals surface area contributed by atoms with E-state index in [4.69, 9.17) is 14.2 Å². The van der Waals surface area contributed by atoms with Crippen LogP contribution >= 0.6 is 0 Å². The molecule has 0 bridgehead atoms. The fourth-order valence-corrected chi connectivity index (χ4v) is 2.95. The quantitative estimate of drug-likeness (QED) is 0.703. The molecule has 1 aromatic carbocycles. The first kappa shape index (κ1) is 16.4. The van der Waals surface area contributed by atoms with Gasteiger partial charge in [0.15, 0.2) is 11.4 Å². The van der Waals surface area contributed by atoms with E-state index in [9.17, 15) is 4.79 Å². The molecule has 2 aromatic heterocycles. The lowest BCUT2D eigenvalue weighted by molar-refractivity contribution is -0.130. The minimum absolute atomic E-state index is 0.0354. The summed E-state index contributed by atoms with van der Waals surface area (Å²) < 4.78 is 18.6. The number of anilines is 1. The Kier molecular flexibility index (Phi) is 4.45. The highest BCUT2D eigenvalue weighted by molar-refractivity contribution is 5.95. The predicted octanol–water partition coefficient (Wildman–Crippen LogP) is 2.15. The summed E-state index contributed by atoms with van der Waals surface area (Å²) in [5.74, 6) is 1.37. The van der Waals surface area contributed by atoms with Crippen LogP contribution in [0.15, 0.2) is 55.0 Å². The number of hydrogen-bond acceptors (Lipinski definition) is 5. The van der Waals surface area contributed by atoms with Crippen LogP contribution in [0.2, 0.25) is 0 Å². The number of methoxy groups -OCH3 is 1. The molecule has 1 saturated heterocycles. The number of imidazole rings is 1. The second-order valence-corrected chi connectivity index (χ2v) is 5.98. The predicted molar refractivity (Wildman–Crippen MR) is 95.8 cm³/mol. The van der Waals surface area contributed by atoms with Crippen LogP contribution in [-0.2, 0) is 9.53 Å². The van der Waals surface area contributed by atoms with Gasteiger partial charge in [-0.3, -0.25) is 4.79 Å². The number of aromatic nitrogens is 2. The largest absolute Gasteiger partial charge is 0.497 e. The second kappa shape index (κ2) is 7.05. The fraction of sp³-hybridized carbons (Fsp3) is 0.263. The molecule has 7 nitrogen and oxygen atoms in total. The maximum atomic E-state index is 12.2. The summed E-state index contributed by atoms with van der Waals surface area (Å²) in [5, 5.41) is 0. The van der Waals surface area contributed by atoms with Crippen molar-refractivity contribution in [3.63, 3.8) is 0 Å². The summed E-state index contributed by atoms with van der Waals surface area (Å²) in [5.41, 5.74) is 1.57. The summed E-state index contributed by atoms with van der Waals surface area (Å²) in [6, 6.07) is 11.2. The molecule has 3 heterocycles. The van der Waals surface area contributed by atoms with Crippen molar-refractivity contribution in [3.05, 3.63) is 55.0 Å². The summed E-state index contributed by atoms with van der Waals surface area (Å²) in [7, 11) is 1.61. The molecule has 0 unspecified atom stereocenters. The Balaban J connectivity index is 1.44. The summed E-state index contributed by atoms with van der Waals surface area (Å²) in [4.78, 5) is 18.2. The molecule has 0 saturated carbocycles. The maximum Gasteiger partial charge on any atom is 0.253 e. The highest BCUT2D eigenvalue weighted by Crippen LogP contribution is 2.23. The first-order valence-corrected chi connectivity index (χ1v) is 8.35. The van der Waals surface area contributed by atoms with Crippen molar-refractivity contribution < 1.29 is 19.0 Å². The molecule has 26 heavy (non-hydrogen) atoms. The van der Waals surface area contributed by atoms with Crippen molar-refractivity contribution in [3.8, 4) is 11.5 Å². The third-order valence-electron chi connectivity index (χ3n) is 4.32. The van der Waals surface area contributed by atoms with E-state index >= 15 is 0 Å². The van der Waals surface area contributed by atoms with Crippen molar-refractivity contribution in [2.45, 2.75) is 6.10 Å². The van der Waals surface area contributed by atoms with Gasteiger partial charge in [0.05, 0.1) is 13.7 Å². The maximum absolute atomic E-state index is 12.2. The topological polar surface area (TPSA) is 65.3 Å². The van der Waals surface area contributed by atoms with Crippen LogP contribution in [0, 0.1) is 0 Å². The van der Waals surface area contributed by atoms with Gasteiger partial charge in [-0.1, -0.05) is 0 Å². The lowest BCUT2D eigenvalue weighted by Crippen LogP contribution is -2.48. The number of carbonyl (C=O) groups excluding carboxylic acids is 1. The molecular weight excluding hydrogens is 334 g/mol. The van der Waals surface area contributed by atoms with E-state index < -0.39 is 0 Å². The Hall–Kier alpha value is -3.06. The van der Waals surface area contributed by atoms with Crippen LogP contribution in [0.5, 0.6) is 11.5 Å². The first-order valence-electron chi connectivity index (χ1n) is 8.35. The number of pyridine rings is 1. The monoisotopic (exact) mass is 353 g/mol. The average Bonchev–Trinajstić information content (AvgIpc) is 3.17. The zero-order valence-corrected chi connectivity index (χ0v) is 14.4. The zero-order valence-electron chi connectivity index (χ0n) is 14.4. The van der Waals surface area contributed by atoms with E-state index in [0.29, 0.717) is 18.9 Å². The van der Waals surface area contributed by atoms with Crippen LogP contribution < -0.4 is 14.4 Å². The van der Waals surface area contributed by atoms with Gasteiger partial charge in [0.1, 0.15) is 25.1 Å². The van der Waals surface area contributed by atoms with Gasteiger partial charge in [0, 0.05) is 24.3 Å². The van der Waals surface area contributed by atoms with Gasteiger partial charge in [0.25, 0.3) is 5.91 Å². The molecular formula is C19H19N3O4. The molecule has 1 aliphatic rings. The summed E-state index contributed by atoms with van der Waals surface area (Å²) in [6.45, 7) is 0.808. The number of fused-ring (bicyclic) bond motifs is 1. The molecule has 0 spiro atoms. The van der Waals surface area contributed by atoms with E-state index in [1.807, 2.05) is 53.2 Å². The van der Waals surface area contributed by atoms with Crippen LogP contribution in [0.4, 0.5) is 5.69 Å². The van der Waals surface area contributed by atoms with Gasteiger partial charge in [-0.25, -0.2) is 4.98 Å². The van der Waals surface area contributed by atoms with Gasteiger partial charge < -0.3 is 23.5 Å². The van der Waals surface area contributed by atoms with Crippen LogP contribution in [0.3, 0.4) is 0 Å². The van der Waals surface area contributed by atoms with E-state index in [1.165, 1.54) is 0 Å². The molecule has 0 N–H and O–H groups in total. The number of ether oxygens (including phenoxy) is 3. The summed E-state index contributed by atoms with van der Waals surface area (Å²) >= 11 is 0. The molecule has 7 heteroatoms. The molecule has 1 atom stereocenters. The van der Waals surface area contributed by atoms with Gasteiger partial charge in [-0.15, -0.1) is 0 Å².